The number of likely N-dealkylation sites (N-methyl/N-ethyl adjacent to an activating group) is 1. The van der Waals surface area contributed by atoms with Gasteiger partial charge in [0.25, 0.3) is 17.1 Å². The Balaban J connectivity index is 2.13. The predicted octanol–water partition coefficient (Wildman–Crippen LogP) is 3.20. The van der Waals surface area contributed by atoms with Crippen molar-refractivity contribution >= 4 is 56.5 Å². The summed E-state index contributed by atoms with van der Waals surface area (Å²) in [4.78, 5) is 36.0. The fraction of sp³-hybridized carbons (Fsp3) is 0.0714. The van der Waals surface area contributed by atoms with Gasteiger partial charge in [0.05, 0.1) is 9.39 Å². The smallest absolute Gasteiger partial charge is 0.293 e. The predicted molar refractivity (Wildman–Crippen MR) is 86.9 cm³/mol. The summed E-state index contributed by atoms with van der Waals surface area (Å²) in [6, 6.07) is 6.90. The molecule has 1 heterocycles. The third-order valence-corrected chi connectivity index (χ3v) is 4.02. The normalized spacial score (nSPS) is 16.5. The number of carbonyl (C=O) groups excluding carboxylic acids is 3. The molecule has 21 heavy (non-hydrogen) atoms. The summed E-state index contributed by atoms with van der Waals surface area (Å²) < 4.78 is 0.239. The Hall–Kier alpha value is -1.86. The van der Waals surface area contributed by atoms with Crippen molar-refractivity contribution < 1.29 is 14.4 Å². The molecule has 7 heteroatoms. The van der Waals surface area contributed by atoms with Gasteiger partial charge in [0.2, 0.25) is 0 Å². The molecule has 1 aliphatic rings. The molecule has 0 saturated carbocycles. The molecule has 0 aromatic heterocycles. The Morgan fingerprint density at radius 1 is 1.33 bits per heavy atom. The van der Waals surface area contributed by atoms with Crippen LogP contribution in [-0.4, -0.2) is 29.0 Å². The van der Waals surface area contributed by atoms with Gasteiger partial charge in [-0.1, -0.05) is 18.7 Å². The summed E-state index contributed by atoms with van der Waals surface area (Å²) in [5.74, 6) is -0.632. The lowest BCUT2D eigenvalue weighted by Gasteiger charge is -2.04. The van der Waals surface area contributed by atoms with E-state index in [4.69, 9.17) is 0 Å². The zero-order valence-corrected chi connectivity index (χ0v) is 13.5. The molecular formula is C14H11BrN2O3S. The van der Waals surface area contributed by atoms with Crippen LogP contribution in [0.5, 0.6) is 0 Å². The van der Waals surface area contributed by atoms with Gasteiger partial charge in [0, 0.05) is 12.7 Å². The minimum Gasteiger partial charge on any atom is -0.322 e. The quantitative estimate of drug-likeness (QED) is 0.834. The van der Waals surface area contributed by atoms with Crippen LogP contribution in [-0.2, 0) is 9.59 Å². The number of hydrogen-bond donors (Lipinski definition) is 1. The highest BCUT2D eigenvalue weighted by Crippen LogP contribution is 2.31. The maximum Gasteiger partial charge on any atom is 0.293 e. The highest BCUT2D eigenvalue weighted by atomic mass is 79.9. The zero-order valence-electron chi connectivity index (χ0n) is 11.1. The summed E-state index contributed by atoms with van der Waals surface area (Å²) >= 11 is 3.90. The number of carbonyl (C=O) groups is 3. The summed E-state index contributed by atoms with van der Waals surface area (Å²) in [7, 11) is 1.45. The monoisotopic (exact) mass is 366 g/mol. The van der Waals surface area contributed by atoms with Gasteiger partial charge in [-0.25, -0.2) is 0 Å². The summed E-state index contributed by atoms with van der Waals surface area (Å²) in [6.07, 6.45) is 1.64. The minimum absolute atomic E-state index is 0.239. The molecule has 5 nitrogen and oxygen atoms in total. The highest BCUT2D eigenvalue weighted by Gasteiger charge is 2.31. The topological polar surface area (TPSA) is 66.5 Å². The second-order valence-electron chi connectivity index (χ2n) is 4.22. The van der Waals surface area contributed by atoms with Crippen LogP contribution in [0.1, 0.15) is 5.56 Å². The molecule has 0 radical (unpaired) electrons. The van der Waals surface area contributed by atoms with Gasteiger partial charge in [0.15, 0.2) is 0 Å². The number of amides is 3. The maximum atomic E-state index is 11.8. The van der Waals surface area contributed by atoms with E-state index in [1.165, 1.54) is 7.05 Å². The number of imide groups is 1. The van der Waals surface area contributed by atoms with E-state index in [9.17, 15) is 14.4 Å². The van der Waals surface area contributed by atoms with Crippen LogP contribution in [0.4, 0.5) is 10.5 Å². The van der Waals surface area contributed by atoms with Crippen molar-refractivity contribution in [2.45, 2.75) is 0 Å². The van der Waals surface area contributed by atoms with E-state index in [2.05, 4.69) is 27.8 Å². The van der Waals surface area contributed by atoms with Crippen molar-refractivity contribution in [2.75, 3.05) is 12.4 Å². The van der Waals surface area contributed by atoms with Crippen molar-refractivity contribution in [3.63, 3.8) is 0 Å². The van der Waals surface area contributed by atoms with Crippen molar-refractivity contribution in [3.05, 3.63) is 45.8 Å². The number of nitrogens with one attached hydrogen (secondary N) is 1. The van der Waals surface area contributed by atoms with Crippen LogP contribution in [0.25, 0.3) is 6.08 Å². The molecule has 2 rings (SSSR count). The third-order valence-electron chi connectivity index (χ3n) is 2.70. The fourth-order valence-corrected chi connectivity index (χ4v) is 2.48. The van der Waals surface area contributed by atoms with Gasteiger partial charge < -0.3 is 5.32 Å². The van der Waals surface area contributed by atoms with Crippen molar-refractivity contribution in [1.82, 2.24) is 4.90 Å². The van der Waals surface area contributed by atoms with Crippen LogP contribution < -0.4 is 5.32 Å². The van der Waals surface area contributed by atoms with Crippen molar-refractivity contribution in [2.24, 2.45) is 0 Å². The van der Waals surface area contributed by atoms with E-state index in [1.54, 1.807) is 30.3 Å². The van der Waals surface area contributed by atoms with Crippen LogP contribution in [0.2, 0.25) is 0 Å². The molecule has 1 N–H and O–H groups in total. The maximum absolute atomic E-state index is 11.8. The Morgan fingerprint density at radius 3 is 2.43 bits per heavy atom. The Bertz CT molecular complexity index is 667. The molecule has 1 aromatic rings. The first-order chi connectivity index (χ1) is 9.88. The van der Waals surface area contributed by atoms with Gasteiger partial charge in [-0.15, -0.1) is 0 Å². The largest absolute Gasteiger partial charge is 0.322 e. The first-order valence-corrected chi connectivity index (χ1v) is 7.47. The number of halogens is 1. The average molecular weight is 367 g/mol. The molecule has 1 saturated heterocycles. The molecule has 0 atom stereocenters. The molecule has 0 aliphatic carbocycles. The van der Waals surface area contributed by atoms with E-state index in [1.807, 2.05) is 0 Å². The lowest BCUT2D eigenvalue weighted by molar-refractivity contribution is -0.121. The van der Waals surface area contributed by atoms with E-state index >= 15 is 0 Å². The lowest BCUT2D eigenvalue weighted by atomic mass is 10.2. The van der Waals surface area contributed by atoms with Crippen LogP contribution in [0, 0.1) is 0 Å². The number of anilines is 1. The molecule has 0 bridgehead atoms. The SMILES string of the molecule is C=C(Br)C(=O)Nc1ccc(/C=C2\SC(=O)N(C)C2=O)cc1. The number of hydrogen-bond acceptors (Lipinski definition) is 4. The van der Waals surface area contributed by atoms with Gasteiger partial charge in [0.1, 0.15) is 0 Å². The third kappa shape index (κ3) is 3.62. The zero-order chi connectivity index (χ0) is 15.6. The standard InChI is InChI=1S/C14H11BrN2O3S/c1-8(15)12(18)16-10-5-3-9(4-6-10)7-11-13(19)17(2)14(20)21-11/h3-7H,1H2,2H3,(H,16,18)/b11-7-. The summed E-state index contributed by atoms with van der Waals surface area (Å²) in [5.41, 5.74) is 1.38. The highest BCUT2D eigenvalue weighted by molar-refractivity contribution is 9.12. The van der Waals surface area contributed by atoms with Crippen molar-refractivity contribution in [1.29, 1.82) is 0 Å². The van der Waals surface area contributed by atoms with Crippen LogP contribution >= 0.6 is 27.7 Å². The van der Waals surface area contributed by atoms with E-state index in [0.29, 0.717) is 10.6 Å². The first kappa shape index (κ1) is 15.5. The van der Waals surface area contributed by atoms with Gasteiger partial charge in [-0.05, 0) is 51.5 Å². The number of nitrogens with zero attached hydrogens (tertiary/aromatic N) is 1. The van der Waals surface area contributed by atoms with E-state index < -0.39 is 0 Å². The van der Waals surface area contributed by atoms with Crippen LogP contribution in [0.3, 0.4) is 0 Å². The van der Waals surface area contributed by atoms with Gasteiger partial charge in [-0.2, -0.15) is 0 Å². The number of thioether (sulfide) groups is 1. The fourth-order valence-electron chi connectivity index (χ4n) is 1.56. The number of benzene rings is 1. The number of rotatable bonds is 3. The van der Waals surface area contributed by atoms with Gasteiger partial charge >= 0.3 is 0 Å². The molecule has 1 aliphatic heterocycles. The van der Waals surface area contributed by atoms with E-state index in [-0.39, 0.29) is 21.5 Å². The summed E-state index contributed by atoms with van der Waals surface area (Å²) in [5, 5.41) is 2.36. The molecule has 1 aromatic carbocycles. The minimum atomic E-state index is -0.324. The Labute approximate surface area is 134 Å². The van der Waals surface area contributed by atoms with Crippen LogP contribution in [0.15, 0.2) is 40.2 Å². The van der Waals surface area contributed by atoms with Gasteiger partial charge in [-0.3, -0.25) is 19.3 Å². The lowest BCUT2D eigenvalue weighted by Crippen LogP contribution is -2.22. The second kappa shape index (κ2) is 6.28. The summed E-state index contributed by atoms with van der Waals surface area (Å²) in [6.45, 7) is 3.48. The Morgan fingerprint density at radius 2 is 1.95 bits per heavy atom. The molecule has 108 valence electrons. The molecule has 0 spiro atoms. The van der Waals surface area contributed by atoms with E-state index in [0.717, 1.165) is 22.2 Å². The molecular weight excluding hydrogens is 356 g/mol. The van der Waals surface area contributed by atoms with Crippen molar-refractivity contribution in [3.8, 4) is 0 Å². The second-order valence-corrected chi connectivity index (χ2v) is 6.17. The average Bonchev–Trinajstić information content (AvgIpc) is 2.68. The molecule has 0 unspecified atom stereocenters. The molecule has 1 fully saturated rings. The first-order valence-electron chi connectivity index (χ1n) is 5.86. The molecule has 3 amide bonds. The Kier molecular flexibility index (Phi) is 4.64.